The summed E-state index contributed by atoms with van der Waals surface area (Å²) in [6.45, 7) is 0. The summed E-state index contributed by atoms with van der Waals surface area (Å²) < 4.78 is 6.79. The Bertz CT molecular complexity index is 722. The van der Waals surface area contributed by atoms with Gasteiger partial charge in [0.05, 0.1) is 25.6 Å². The number of methoxy groups -OCH3 is 1. The number of tetrazole rings is 2. The van der Waals surface area contributed by atoms with Crippen LogP contribution in [0.1, 0.15) is 5.82 Å². The second kappa shape index (κ2) is 5.87. The smallest absolute Gasteiger partial charge is 0.214 e. The van der Waals surface area contributed by atoms with Crippen LogP contribution in [0.15, 0.2) is 29.4 Å². The second-order valence-corrected chi connectivity index (χ2v) is 5.00. The van der Waals surface area contributed by atoms with Gasteiger partial charge in [0, 0.05) is 0 Å². The lowest BCUT2D eigenvalue weighted by Gasteiger charge is -2.04. The monoisotopic (exact) mass is 304 g/mol. The summed E-state index contributed by atoms with van der Waals surface area (Å²) in [5.74, 6) is 1.96. The first-order chi connectivity index (χ1) is 10.3. The zero-order chi connectivity index (χ0) is 14.7. The van der Waals surface area contributed by atoms with Gasteiger partial charge in [0.15, 0.2) is 5.82 Å². The summed E-state index contributed by atoms with van der Waals surface area (Å²) in [4.78, 5) is 1.42. The maximum absolute atomic E-state index is 5.13. The highest BCUT2D eigenvalue weighted by atomic mass is 32.2. The highest BCUT2D eigenvalue weighted by molar-refractivity contribution is 7.98. The molecule has 0 atom stereocenters. The van der Waals surface area contributed by atoms with E-state index in [4.69, 9.17) is 4.74 Å². The summed E-state index contributed by atoms with van der Waals surface area (Å²) >= 11 is 1.44. The third-order valence-electron chi connectivity index (χ3n) is 2.64. The van der Waals surface area contributed by atoms with Crippen LogP contribution in [0.2, 0.25) is 0 Å². The highest BCUT2D eigenvalue weighted by Gasteiger charge is 2.11. The Hall–Kier alpha value is -2.49. The molecule has 0 spiro atoms. The zero-order valence-electron chi connectivity index (χ0n) is 11.4. The average Bonchev–Trinajstić information content (AvgIpc) is 3.14. The average molecular weight is 304 g/mol. The van der Waals surface area contributed by atoms with E-state index in [-0.39, 0.29) is 0 Å². The van der Waals surface area contributed by atoms with E-state index in [1.807, 2.05) is 24.3 Å². The fourth-order valence-corrected chi connectivity index (χ4v) is 2.40. The molecule has 0 fully saturated rings. The quantitative estimate of drug-likeness (QED) is 0.628. The van der Waals surface area contributed by atoms with Gasteiger partial charge in [-0.05, 0) is 39.9 Å². The number of ether oxygens (including phenoxy) is 1. The van der Waals surface area contributed by atoms with Crippen molar-refractivity contribution in [2.75, 3.05) is 7.11 Å². The van der Waals surface area contributed by atoms with Crippen LogP contribution in [-0.4, -0.2) is 47.5 Å². The molecular formula is C11H12N8OS. The van der Waals surface area contributed by atoms with E-state index in [0.29, 0.717) is 16.7 Å². The van der Waals surface area contributed by atoms with Crippen LogP contribution in [0.3, 0.4) is 0 Å². The van der Waals surface area contributed by atoms with Crippen LogP contribution < -0.4 is 4.74 Å². The molecule has 0 unspecified atom stereocenters. The minimum Gasteiger partial charge on any atom is -0.497 e. The van der Waals surface area contributed by atoms with Gasteiger partial charge in [-0.3, -0.25) is 0 Å². The Kier molecular flexibility index (Phi) is 3.77. The molecule has 10 heteroatoms. The molecule has 0 radical (unpaired) electrons. The minimum absolute atomic E-state index is 0.546. The van der Waals surface area contributed by atoms with Gasteiger partial charge in [-0.25, -0.2) is 0 Å². The van der Waals surface area contributed by atoms with Gasteiger partial charge in [-0.15, -0.1) is 15.3 Å². The molecule has 0 aliphatic heterocycles. The number of nitrogens with zero attached hydrogens (tertiary/aromatic N) is 8. The fourth-order valence-electron chi connectivity index (χ4n) is 1.66. The topological polar surface area (TPSA) is 96.4 Å². The Balaban J connectivity index is 1.76. The van der Waals surface area contributed by atoms with E-state index in [0.717, 1.165) is 11.4 Å². The lowest BCUT2D eigenvalue weighted by atomic mass is 10.3. The Morgan fingerprint density at radius 1 is 1.14 bits per heavy atom. The lowest BCUT2D eigenvalue weighted by Crippen LogP contribution is -1.99. The third-order valence-corrected chi connectivity index (χ3v) is 3.55. The van der Waals surface area contributed by atoms with Gasteiger partial charge in [0.25, 0.3) is 0 Å². The molecule has 0 amide bonds. The maximum atomic E-state index is 5.13. The third kappa shape index (κ3) is 2.99. The van der Waals surface area contributed by atoms with Crippen LogP contribution in [-0.2, 0) is 12.8 Å². The number of benzene rings is 1. The number of aryl methyl sites for hydroxylation is 1. The standard InChI is InChI=1S/C11H12N8OS/c1-18-14-10(12-16-18)7-21-11-13-15-17-19(11)8-3-5-9(20-2)6-4-8/h3-6H,7H2,1-2H3. The lowest BCUT2D eigenvalue weighted by molar-refractivity contribution is 0.414. The van der Waals surface area contributed by atoms with Crippen molar-refractivity contribution in [2.24, 2.45) is 7.05 Å². The predicted molar refractivity (Wildman–Crippen MR) is 74.1 cm³/mol. The molecule has 1 aromatic carbocycles. The molecule has 108 valence electrons. The van der Waals surface area contributed by atoms with Crippen molar-refractivity contribution in [3.8, 4) is 11.4 Å². The first kappa shape index (κ1) is 13.5. The molecule has 0 saturated heterocycles. The van der Waals surface area contributed by atoms with E-state index < -0.39 is 0 Å². The predicted octanol–water partition coefficient (Wildman–Crippen LogP) is 0.487. The Morgan fingerprint density at radius 3 is 2.62 bits per heavy atom. The van der Waals surface area contributed by atoms with Crippen molar-refractivity contribution >= 4 is 11.8 Å². The Labute approximate surface area is 124 Å². The number of rotatable bonds is 5. The van der Waals surface area contributed by atoms with Crippen molar-refractivity contribution in [2.45, 2.75) is 10.9 Å². The second-order valence-electron chi connectivity index (χ2n) is 4.06. The maximum Gasteiger partial charge on any atom is 0.214 e. The number of aromatic nitrogens is 8. The van der Waals surface area contributed by atoms with Gasteiger partial charge < -0.3 is 4.74 Å². The number of hydrogen-bond donors (Lipinski definition) is 0. The van der Waals surface area contributed by atoms with Gasteiger partial charge >= 0.3 is 0 Å². The van der Waals surface area contributed by atoms with Crippen molar-refractivity contribution in [3.63, 3.8) is 0 Å². The SMILES string of the molecule is COc1ccc(-n2nnnc2SCc2nnn(C)n2)cc1. The van der Waals surface area contributed by atoms with Crippen molar-refractivity contribution in [3.05, 3.63) is 30.1 Å². The van der Waals surface area contributed by atoms with Crippen LogP contribution in [0.25, 0.3) is 5.69 Å². The van der Waals surface area contributed by atoms with E-state index in [1.165, 1.54) is 16.6 Å². The summed E-state index contributed by atoms with van der Waals surface area (Å²) in [5, 5.41) is 24.2. The highest BCUT2D eigenvalue weighted by Crippen LogP contribution is 2.22. The fraction of sp³-hybridized carbons (Fsp3) is 0.273. The van der Waals surface area contributed by atoms with Gasteiger partial charge in [0.1, 0.15) is 5.75 Å². The van der Waals surface area contributed by atoms with Crippen LogP contribution in [0, 0.1) is 0 Å². The van der Waals surface area contributed by atoms with Crippen molar-refractivity contribution < 1.29 is 4.74 Å². The largest absolute Gasteiger partial charge is 0.497 e. The summed E-state index contributed by atoms with van der Waals surface area (Å²) in [6.07, 6.45) is 0. The molecule has 21 heavy (non-hydrogen) atoms. The molecule has 3 rings (SSSR count). The molecular weight excluding hydrogens is 292 g/mol. The van der Waals surface area contributed by atoms with E-state index in [2.05, 4.69) is 30.9 Å². The number of hydrogen-bond acceptors (Lipinski definition) is 8. The molecule has 0 saturated carbocycles. The number of thioether (sulfide) groups is 1. The molecule has 0 bridgehead atoms. The molecule has 2 aromatic heterocycles. The van der Waals surface area contributed by atoms with Gasteiger partial charge in [-0.2, -0.15) is 9.48 Å². The van der Waals surface area contributed by atoms with Gasteiger partial charge in [0.2, 0.25) is 5.16 Å². The van der Waals surface area contributed by atoms with Crippen LogP contribution in [0.4, 0.5) is 0 Å². The van der Waals surface area contributed by atoms with E-state index >= 15 is 0 Å². The first-order valence-electron chi connectivity index (χ1n) is 6.05. The van der Waals surface area contributed by atoms with Crippen LogP contribution >= 0.6 is 11.8 Å². The van der Waals surface area contributed by atoms with Crippen molar-refractivity contribution in [1.82, 2.24) is 40.4 Å². The molecule has 2 heterocycles. The molecule has 3 aromatic rings. The molecule has 0 N–H and O–H groups in total. The van der Waals surface area contributed by atoms with Crippen molar-refractivity contribution in [1.29, 1.82) is 0 Å². The molecule has 9 nitrogen and oxygen atoms in total. The first-order valence-corrected chi connectivity index (χ1v) is 7.03. The molecule has 0 aliphatic rings. The van der Waals surface area contributed by atoms with Crippen LogP contribution in [0.5, 0.6) is 5.75 Å². The zero-order valence-corrected chi connectivity index (χ0v) is 12.2. The minimum atomic E-state index is 0.546. The normalized spacial score (nSPS) is 10.8. The summed E-state index contributed by atoms with van der Waals surface area (Å²) in [6, 6.07) is 7.49. The van der Waals surface area contributed by atoms with Gasteiger partial charge in [-0.1, -0.05) is 11.8 Å². The van der Waals surface area contributed by atoms with E-state index in [9.17, 15) is 0 Å². The van der Waals surface area contributed by atoms with E-state index in [1.54, 1.807) is 18.8 Å². The summed E-state index contributed by atoms with van der Waals surface area (Å²) in [5.41, 5.74) is 0.857. The summed E-state index contributed by atoms with van der Waals surface area (Å²) in [7, 11) is 3.35. The Morgan fingerprint density at radius 2 is 1.95 bits per heavy atom. The molecule has 0 aliphatic carbocycles.